The van der Waals surface area contributed by atoms with Gasteiger partial charge in [-0.3, -0.25) is 4.90 Å². The van der Waals surface area contributed by atoms with Crippen LogP contribution in [0.3, 0.4) is 0 Å². The molecule has 1 fully saturated rings. The molecular formula is C14H18N4OS. The Hall–Kier alpha value is -1.37. The molecule has 1 aliphatic heterocycles. The average molecular weight is 290 g/mol. The Bertz CT molecular complexity index is 549. The van der Waals surface area contributed by atoms with Crippen molar-refractivity contribution in [3.63, 3.8) is 0 Å². The number of thiazole rings is 1. The summed E-state index contributed by atoms with van der Waals surface area (Å²) >= 11 is 1.60. The number of ether oxygens (including phenoxy) is 1. The number of morpholine rings is 1. The Morgan fingerprint density at radius 1 is 1.25 bits per heavy atom. The van der Waals surface area contributed by atoms with Crippen LogP contribution in [0.15, 0.2) is 23.8 Å². The van der Waals surface area contributed by atoms with Gasteiger partial charge in [-0.2, -0.15) is 0 Å². The van der Waals surface area contributed by atoms with E-state index in [1.165, 1.54) is 0 Å². The monoisotopic (exact) mass is 290 g/mol. The standard InChI is InChI=1S/C14H18N4OS/c1-10-6-18(7-11(2)19-10)8-12-9-20-14(17-12)13-15-4-3-5-16-13/h3-5,9-11H,6-8H2,1-2H3/t10-,11-/m0/s1. The lowest BCUT2D eigenvalue weighted by Gasteiger charge is -2.34. The summed E-state index contributed by atoms with van der Waals surface area (Å²) in [4.78, 5) is 15.5. The highest BCUT2D eigenvalue weighted by molar-refractivity contribution is 7.13. The first kappa shape index (κ1) is 13.6. The normalized spacial score (nSPS) is 23.9. The van der Waals surface area contributed by atoms with Crippen molar-refractivity contribution in [1.29, 1.82) is 0 Å². The van der Waals surface area contributed by atoms with Crippen LogP contribution < -0.4 is 0 Å². The van der Waals surface area contributed by atoms with Crippen molar-refractivity contribution in [2.24, 2.45) is 0 Å². The summed E-state index contributed by atoms with van der Waals surface area (Å²) in [6, 6.07) is 1.81. The van der Waals surface area contributed by atoms with Gasteiger partial charge in [0.05, 0.1) is 17.9 Å². The first-order valence-corrected chi connectivity index (χ1v) is 7.68. The molecule has 2 aromatic rings. The number of nitrogens with zero attached hydrogens (tertiary/aromatic N) is 4. The lowest BCUT2D eigenvalue weighted by Crippen LogP contribution is -2.44. The molecule has 0 bridgehead atoms. The summed E-state index contributed by atoms with van der Waals surface area (Å²) in [7, 11) is 0. The molecular weight excluding hydrogens is 272 g/mol. The molecule has 0 N–H and O–H groups in total. The molecule has 2 aromatic heterocycles. The van der Waals surface area contributed by atoms with Gasteiger partial charge in [-0.1, -0.05) is 0 Å². The second-order valence-corrected chi connectivity index (χ2v) is 6.03. The zero-order valence-corrected chi connectivity index (χ0v) is 12.5. The first-order valence-electron chi connectivity index (χ1n) is 6.80. The average Bonchev–Trinajstić information content (AvgIpc) is 2.87. The number of rotatable bonds is 3. The predicted octanol–water partition coefficient (Wildman–Crippen LogP) is 2.21. The summed E-state index contributed by atoms with van der Waals surface area (Å²) < 4.78 is 5.75. The van der Waals surface area contributed by atoms with E-state index in [0.717, 1.165) is 30.3 Å². The van der Waals surface area contributed by atoms with Crippen LogP contribution in [0, 0.1) is 0 Å². The fraction of sp³-hybridized carbons (Fsp3) is 0.500. The molecule has 1 aliphatic rings. The summed E-state index contributed by atoms with van der Waals surface area (Å²) in [6.07, 6.45) is 4.06. The lowest BCUT2D eigenvalue weighted by molar-refractivity contribution is -0.0707. The topological polar surface area (TPSA) is 51.1 Å². The summed E-state index contributed by atoms with van der Waals surface area (Å²) in [6.45, 7) is 7.01. The summed E-state index contributed by atoms with van der Waals surface area (Å²) in [5.74, 6) is 0.701. The SMILES string of the molecule is C[C@H]1CN(Cc2csc(-c3ncccn3)n2)C[C@H](C)O1. The number of aromatic nitrogens is 3. The minimum Gasteiger partial charge on any atom is -0.373 e. The number of hydrogen-bond donors (Lipinski definition) is 0. The maximum absolute atomic E-state index is 5.75. The van der Waals surface area contributed by atoms with E-state index < -0.39 is 0 Å². The van der Waals surface area contributed by atoms with Crippen LogP contribution in [-0.4, -0.2) is 45.1 Å². The molecule has 1 saturated heterocycles. The van der Waals surface area contributed by atoms with Crippen molar-refractivity contribution in [3.05, 3.63) is 29.5 Å². The Morgan fingerprint density at radius 3 is 2.65 bits per heavy atom. The van der Waals surface area contributed by atoms with E-state index >= 15 is 0 Å². The van der Waals surface area contributed by atoms with Crippen LogP contribution in [0.25, 0.3) is 10.8 Å². The summed E-state index contributed by atoms with van der Waals surface area (Å²) in [5, 5.41) is 2.98. The molecule has 106 valence electrons. The van der Waals surface area contributed by atoms with Gasteiger partial charge in [0.1, 0.15) is 0 Å². The Labute approximate surface area is 122 Å². The van der Waals surface area contributed by atoms with Gasteiger partial charge in [-0.05, 0) is 19.9 Å². The van der Waals surface area contributed by atoms with Gasteiger partial charge < -0.3 is 4.74 Å². The molecule has 2 atom stereocenters. The van der Waals surface area contributed by atoms with Crippen molar-refractivity contribution in [2.45, 2.75) is 32.6 Å². The van der Waals surface area contributed by atoms with Gasteiger partial charge in [0, 0.05) is 37.4 Å². The fourth-order valence-electron chi connectivity index (χ4n) is 2.53. The molecule has 6 heteroatoms. The Kier molecular flexibility index (Phi) is 4.05. The Morgan fingerprint density at radius 2 is 1.95 bits per heavy atom. The second kappa shape index (κ2) is 5.95. The van der Waals surface area contributed by atoms with E-state index in [-0.39, 0.29) is 12.2 Å². The van der Waals surface area contributed by atoms with Crippen LogP contribution in [0.2, 0.25) is 0 Å². The Balaban J connectivity index is 1.68. The second-order valence-electron chi connectivity index (χ2n) is 5.17. The third-order valence-electron chi connectivity index (χ3n) is 3.19. The third kappa shape index (κ3) is 3.20. The zero-order valence-electron chi connectivity index (χ0n) is 11.7. The first-order chi connectivity index (χ1) is 9.70. The van der Waals surface area contributed by atoms with Crippen molar-refractivity contribution in [2.75, 3.05) is 13.1 Å². The highest BCUT2D eigenvalue weighted by Crippen LogP contribution is 2.21. The van der Waals surface area contributed by atoms with Gasteiger partial charge in [-0.15, -0.1) is 11.3 Å². The van der Waals surface area contributed by atoms with Crippen molar-refractivity contribution in [1.82, 2.24) is 19.9 Å². The van der Waals surface area contributed by atoms with Crippen molar-refractivity contribution < 1.29 is 4.74 Å². The largest absolute Gasteiger partial charge is 0.373 e. The summed E-state index contributed by atoms with van der Waals surface area (Å²) in [5.41, 5.74) is 1.08. The smallest absolute Gasteiger partial charge is 0.188 e. The quantitative estimate of drug-likeness (QED) is 0.867. The van der Waals surface area contributed by atoms with Crippen molar-refractivity contribution in [3.8, 4) is 10.8 Å². The van der Waals surface area contributed by atoms with Gasteiger partial charge in [-0.25, -0.2) is 15.0 Å². The molecule has 5 nitrogen and oxygen atoms in total. The van der Waals surface area contributed by atoms with E-state index in [1.54, 1.807) is 23.7 Å². The zero-order chi connectivity index (χ0) is 13.9. The maximum atomic E-state index is 5.75. The molecule has 3 heterocycles. The lowest BCUT2D eigenvalue weighted by atomic mass is 10.2. The van der Waals surface area contributed by atoms with Gasteiger partial charge in [0.15, 0.2) is 10.8 Å². The molecule has 20 heavy (non-hydrogen) atoms. The predicted molar refractivity (Wildman–Crippen MR) is 78.4 cm³/mol. The molecule has 0 spiro atoms. The van der Waals surface area contributed by atoms with E-state index in [4.69, 9.17) is 4.74 Å². The van der Waals surface area contributed by atoms with E-state index in [2.05, 4.69) is 39.1 Å². The van der Waals surface area contributed by atoms with Gasteiger partial charge in [0.2, 0.25) is 0 Å². The van der Waals surface area contributed by atoms with Crippen molar-refractivity contribution >= 4 is 11.3 Å². The third-order valence-corrected chi connectivity index (χ3v) is 4.08. The molecule has 0 unspecified atom stereocenters. The maximum Gasteiger partial charge on any atom is 0.188 e. The van der Waals surface area contributed by atoms with Crippen LogP contribution in [0.1, 0.15) is 19.5 Å². The van der Waals surface area contributed by atoms with E-state index in [1.807, 2.05) is 6.07 Å². The molecule has 0 aromatic carbocycles. The van der Waals surface area contributed by atoms with Crippen LogP contribution in [0.5, 0.6) is 0 Å². The minimum absolute atomic E-state index is 0.286. The van der Waals surface area contributed by atoms with Gasteiger partial charge >= 0.3 is 0 Å². The molecule has 0 amide bonds. The molecule has 0 saturated carbocycles. The van der Waals surface area contributed by atoms with Crippen LogP contribution in [0.4, 0.5) is 0 Å². The number of hydrogen-bond acceptors (Lipinski definition) is 6. The van der Waals surface area contributed by atoms with E-state index in [0.29, 0.717) is 5.82 Å². The molecule has 3 rings (SSSR count). The molecule has 0 radical (unpaired) electrons. The fourth-order valence-corrected chi connectivity index (χ4v) is 3.29. The van der Waals surface area contributed by atoms with Gasteiger partial charge in [0.25, 0.3) is 0 Å². The minimum atomic E-state index is 0.286. The van der Waals surface area contributed by atoms with Crippen LogP contribution in [-0.2, 0) is 11.3 Å². The van der Waals surface area contributed by atoms with Crippen LogP contribution >= 0.6 is 11.3 Å². The molecule has 0 aliphatic carbocycles. The van der Waals surface area contributed by atoms with E-state index in [9.17, 15) is 0 Å². The highest BCUT2D eigenvalue weighted by atomic mass is 32.1. The highest BCUT2D eigenvalue weighted by Gasteiger charge is 2.22.